The maximum absolute atomic E-state index is 13.3. The molecule has 2 aromatic rings. The van der Waals surface area contributed by atoms with Crippen LogP contribution in [0.4, 0.5) is 0 Å². The van der Waals surface area contributed by atoms with E-state index in [2.05, 4.69) is 4.90 Å². The zero-order valence-electron chi connectivity index (χ0n) is 18.4. The van der Waals surface area contributed by atoms with Gasteiger partial charge in [-0.1, -0.05) is 58.9 Å². The highest BCUT2D eigenvalue weighted by Crippen LogP contribution is 2.32. The van der Waals surface area contributed by atoms with Crippen molar-refractivity contribution in [3.8, 4) is 0 Å². The van der Waals surface area contributed by atoms with E-state index in [1.165, 1.54) is 16.4 Å². The quantitative estimate of drug-likeness (QED) is 0.485. The third kappa shape index (κ3) is 5.67. The summed E-state index contributed by atoms with van der Waals surface area (Å²) in [6.07, 6.45) is 2.61. The maximum Gasteiger partial charge on any atom is 0.255 e. The first kappa shape index (κ1) is 26.0. The van der Waals surface area contributed by atoms with Crippen LogP contribution in [0.5, 0.6) is 0 Å². The molecule has 0 aromatic heterocycles. The smallest absolute Gasteiger partial charge is 0.255 e. The molecule has 0 N–H and O–H groups in total. The predicted molar refractivity (Wildman–Crippen MR) is 137 cm³/mol. The van der Waals surface area contributed by atoms with E-state index in [1.807, 2.05) is 6.07 Å². The lowest BCUT2D eigenvalue weighted by Crippen LogP contribution is -2.48. The molecule has 2 heterocycles. The van der Waals surface area contributed by atoms with E-state index < -0.39 is 10.0 Å². The Morgan fingerprint density at radius 1 is 0.794 bits per heavy atom. The first-order valence-electron chi connectivity index (χ1n) is 11.1. The zero-order chi connectivity index (χ0) is 24.5. The van der Waals surface area contributed by atoms with E-state index in [0.717, 1.165) is 24.8 Å². The number of carbonyl (C=O) groups excluding carboxylic acids is 1. The molecule has 2 saturated heterocycles. The van der Waals surface area contributed by atoms with Crippen molar-refractivity contribution < 1.29 is 13.2 Å². The third-order valence-corrected chi connectivity index (χ3v) is 9.52. The minimum atomic E-state index is -3.80. The van der Waals surface area contributed by atoms with Crippen molar-refractivity contribution >= 4 is 62.3 Å². The van der Waals surface area contributed by atoms with Crippen molar-refractivity contribution in [3.05, 3.63) is 61.5 Å². The van der Waals surface area contributed by atoms with Gasteiger partial charge in [0, 0.05) is 55.9 Å². The van der Waals surface area contributed by atoms with E-state index >= 15 is 0 Å². The van der Waals surface area contributed by atoms with Crippen molar-refractivity contribution in [2.45, 2.75) is 30.7 Å². The van der Waals surface area contributed by atoms with Gasteiger partial charge in [0.05, 0.1) is 15.6 Å². The normalized spacial score (nSPS) is 18.3. The molecule has 2 fully saturated rings. The highest BCUT2D eigenvalue weighted by Gasteiger charge is 2.31. The molecule has 0 unspecified atom stereocenters. The number of carbonyl (C=O) groups is 1. The molecule has 2 aliphatic rings. The lowest BCUT2D eigenvalue weighted by molar-refractivity contribution is 0.0628. The second-order valence-electron chi connectivity index (χ2n) is 8.53. The first-order valence-corrected chi connectivity index (χ1v) is 14.1. The molecule has 184 valence electrons. The van der Waals surface area contributed by atoms with Gasteiger partial charge in [0.2, 0.25) is 10.0 Å². The second kappa shape index (κ2) is 10.9. The van der Waals surface area contributed by atoms with Crippen LogP contribution in [0.3, 0.4) is 0 Å². The molecule has 11 heteroatoms. The van der Waals surface area contributed by atoms with Crippen LogP contribution in [0.15, 0.2) is 35.2 Å². The summed E-state index contributed by atoms with van der Waals surface area (Å²) >= 11 is 24.9. The van der Waals surface area contributed by atoms with Crippen LogP contribution < -0.4 is 0 Å². The maximum atomic E-state index is 13.3. The highest BCUT2D eigenvalue weighted by atomic mass is 35.5. The summed E-state index contributed by atoms with van der Waals surface area (Å²) in [4.78, 5) is 17.1. The fourth-order valence-electron chi connectivity index (χ4n) is 4.31. The summed E-state index contributed by atoms with van der Waals surface area (Å²) in [5, 5.41) is 1.37. The van der Waals surface area contributed by atoms with Crippen LogP contribution >= 0.6 is 46.4 Å². The van der Waals surface area contributed by atoms with Gasteiger partial charge >= 0.3 is 0 Å². The van der Waals surface area contributed by atoms with E-state index in [0.29, 0.717) is 55.9 Å². The topological polar surface area (TPSA) is 60.9 Å². The Morgan fingerprint density at radius 3 is 2.12 bits per heavy atom. The number of hydrogen-bond donors (Lipinski definition) is 0. The minimum Gasteiger partial charge on any atom is -0.336 e. The third-order valence-electron chi connectivity index (χ3n) is 6.25. The summed E-state index contributed by atoms with van der Waals surface area (Å²) < 4.78 is 27.8. The number of nitrogens with zero attached hydrogens (tertiary/aromatic N) is 3. The molecule has 0 aliphatic carbocycles. The molecule has 0 atom stereocenters. The van der Waals surface area contributed by atoms with Gasteiger partial charge < -0.3 is 4.90 Å². The van der Waals surface area contributed by atoms with Crippen molar-refractivity contribution in [1.29, 1.82) is 0 Å². The van der Waals surface area contributed by atoms with Crippen LogP contribution in [-0.4, -0.2) is 67.7 Å². The van der Waals surface area contributed by atoms with Gasteiger partial charge in [-0.15, -0.1) is 0 Å². The van der Waals surface area contributed by atoms with Crippen molar-refractivity contribution in [2.24, 2.45) is 0 Å². The Kier molecular flexibility index (Phi) is 8.35. The number of halogens is 4. The van der Waals surface area contributed by atoms with E-state index in [9.17, 15) is 13.2 Å². The lowest BCUT2D eigenvalue weighted by atomic mass is 10.1. The molecule has 0 saturated carbocycles. The Balaban J connectivity index is 1.47. The molecule has 6 nitrogen and oxygen atoms in total. The molecule has 4 rings (SSSR count). The van der Waals surface area contributed by atoms with Crippen molar-refractivity contribution in [2.75, 3.05) is 39.3 Å². The van der Waals surface area contributed by atoms with Gasteiger partial charge in [-0.2, -0.15) is 4.31 Å². The van der Waals surface area contributed by atoms with Crippen LogP contribution in [0, 0.1) is 0 Å². The van der Waals surface area contributed by atoms with Gasteiger partial charge in [-0.25, -0.2) is 8.42 Å². The number of sulfonamides is 1. The number of rotatable bonds is 5. The number of benzene rings is 2. The van der Waals surface area contributed by atoms with Crippen LogP contribution in [-0.2, 0) is 16.6 Å². The molecule has 34 heavy (non-hydrogen) atoms. The average molecular weight is 565 g/mol. The van der Waals surface area contributed by atoms with Gasteiger partial charge in [0.25, 0.3) is 5.91 Å². The molecule has 0 spiro atoms. The van der Waals surface area contributed by atoms with Crippen molar-refractivity contribution in [3.63, 3.8) is 0 Å². The molecule has 2 aromatic carbocycles. The van der Waals surface area contributed by atoms with Gasteiger partial charge in [0.15, 0.2) is 0 Å². The summed E-state index contributed by atoms with van der Waals surface area (Å²) in [5.41, 5.74) is 1.12. The second-order valence-corrected chi connectivity index (χ2v) is 12.1. The summed E-state index contributed by atoms with van der Waals surface area (Å²) in [6, 6.07) is 8.11. The number of hydrogen-bond acceptors (Lipinski definition) is 4. The average Bonchev–Trinajstić information content (AvgIpc) is 2.81. The fraction of sp³-hybridized carbons (Fsp3) is 0.435. The van der Waals surface area contributed by atoms with E-state index in [-0.39, 0.29) is 26.4 Å². The molecule has 2 aliphatic heterocycles. The monoisotopic (exact) mass is 563 g/mol. The highest BCUT2D eigenvalue weighted by molar-refractivity contribution is 7.89. The van der Waals surface area contributed by atoms with Crippen LogP contribution in [0.2, 0.25) is 20.1 Å². The molecule has 0 bridgehead atoms. The lowest BCUT2D eigenvalue weighted by Gasteiger charge is -2.35. The van der Waals surface area contributed by atoms with E-state index in [1.54, 1.807) is 17.0 Å². The summed E-state index contributed by atoms with van der Waals surface area (Å²) in [6.45, 7) is 3.81. The summed E-state index contributed by atoms with van der Waals surface area (Å²) in [5.74, 6) is -0.305. The Morgan fingerprint density at radius 2 is 1.47 bits per heavy atom. The number of piperazine rings is 1. The Hall–Kier alpha value is -1.06. The largest absolute Gasteiger partial charge is 0.336 e. The van der Waals surface area contributed by atoms with Gasteiger partial charge in [-0.05, 0) is 42.7 Å². The standard InChI is InChI=1S/C23H25Cl4N3O3S/c24-17-5-4-16(19(25)12-17)15-28-8-10-29(11-9-28)23(31)18-13-22(21(27)14-20(18)26)34(32,33)30-6-2-1-3-7-30/h4-5,12-14H,1-3,6-11,15H2. The summed E-state index contributed by atoms with van der Waals surface area (Å²) in [7, 11) is -3.80. The minimum absolute atomic E-state index is 0.0248. The Bertz CT molecular complexity index is 1180. The van der Waals surface area contributed by atoms with Crippen LogP contribution in [0.1, 0.15) is 35.2 Å². The van der Waals surface area contributed by atoms with Crippen molar-refractivity contribution in [1.82, 2.24) is 14.1 Å². The molecular formula is C23H25Cl4N3O3S. The SMILES string of the molecule is O=C(c1cc(S(=O)(=O)N2CCCCC2)c(Cl)cc1Cl)N1CCN(Cc2ccc(Cl)cc2Cl)CC1. The van der Waals surface area contributed by atoms with Gasteiger partial charge in [0.1, 0.15) is 4.90 Å². The first-order chi connectivity index (χ1) is 16.2. The molecular weight excluding hydrogens is 540 g/mol. The molecule has 1 amide bonds. The van der Waals surface area contributed by atoms with E-state index in [4.69, 9.17) is 46.4 Å². The van der Waals surface area contributed by atoms with Crippen LogP contribution in [0.25, 0.3) is 0 Å². The molecule has 0 radical (unpaired) electrons. The van der Waals surface area contributed by atoms with Gasteiger partial charge in [-0.3, -0.25) is 9.69 Å². The Labute approximate surface area is 220 Å². The zero-order valence-corrected chi connectivity index (χ0v) is 22.3. The number of amides is 1. The fourth-order valence-corrected chi connectivity index (χ4v) is 7.12. The number of piperidine rings is 1. The predicted octanol–water partition coefficient (Wildman–Crippen LogP) is 5.43.